The van der Waals surface area contributed by atoms with Gasteiger partial charge in [-0.1, -0.05) is 25.0 Å². The summed E-state index contributed by atoms with van der Waals surface area (Å²) >= 11 is 6.03. The van der Waals surface area contributed by atoms with Gasteiger partial charge in [-0.15, -0.1) is 0 Å². The molecule has 1 aliphatic carbocycles. The van der Waals surface area contributed by atoms with Gasteiger partial charge >= 0.3 is 0 Å². The molecule has 0 saturated heterocycles. The number of carbonyl (C=O) groups is 1. The summed E-state index contributed by atoms with van der Waals surface area (Å²) < 4.78 is 0. The molecule has 0 unspecified atom stereocenters. The summed E-state index contributed by atoms with van der Waals surface area (Å²) in [5, 5.41) is 0.230. The first-order valence-electron chi connectivity index (χ1n) is 7.67. The predicted molar refractivity (Wildman–Crippen MR) is 85.9 cm³/mol. The molecule has 0 N–H and O–H groups in total. The zero-order chi connectivity index (χ0) is 15.1. The van der Waals surface area contributed by atoms with Crippen molar-refractivity contribution in [2.75, 3.05) is 4.90 Å². The number of nitrogens with zero attached hydrogens (tertiary/aromatic N) is 3. The van der Waals surface area contributed by atoms with Crippen molar-refractivity contribution in [1.82, 2.24) is 9.97 Å². The Morgan fingerprint density at radius 2 is 1.95 bits per heavy atom. The van der Waals surface area contributed by atoms with Gasteiger partial charge in [0.2, 0.25) is 5.28 Å². The van der Waals surface area contributed by atoms with Gasteiger partial charge < -0.3 is 4.90 Å². The summed E-state index contributed by atoms with van der Waals surface area (Å²) in [5.74, 6) is 0.911. The number of halogens is 1. The minimum Gasteiger partial charge on any atom is -0.322 e. The average molecular weight is 314 g/mol. The molecule has 2 heterocycles. The molecule has 1 aromatic heterocycles. The van der Waals surface area contributed by atoms with Crippen molar-refractivity contribution < 1.29 is 4.79 Å². The number of ketones is 1. The highest BCUT2D eigenvalue weighted by Gasteiger charge is 2.32. The summed E-state index contributed by atoms with van der Waals surface area (Å²) in [7, 11) is 0. The number of para-hydroxylation sites is 1. The van der Waals surface area contributed by atoms with Crippen LogP contribution in [0.3, 0.4) is 0 Å². The second-order valence-corrected chi connectivity index (χ2v) is 6.25. The molecular weight excluding hydrogens is 298 g/mol. The van der Waals surface area contributed by atoms with Crippen LogP contribution in [0.4, 0.5) is 11.5 Å². The van der Waals surface area contributed by atoms with Crippen LogP contribution in [0.15, 0.2) is 30.5 Å². The standard InChI is InChI=1S/C17H16ClN3O/c18-17-19-10-11-9-15(22)13-7-3-4-8-14(13)21(16(11)20-17)12-5-1-2-6-12/h3-4,7-8,10,12H,1-2,5-6,9H2. The monoisotopic (exact) mass is 313 g/mol. The molecule has 2 aliphatic rings. The van der Waals surface area contributed by atoms with Crippen molar-refractivity contribution in [2.45, 2.75) is 38.1 Å². The first kappa shape index (κ1) is 13.7. The van der Waals surface area contributed by atoms with Gasteiger partial charge in [-0.25, -0.2) is 4.98 Å². The normalized spacial score (nSPS) is 18.0. The van der Waals surface area contributed by atoms with Crippen LogP contribution in [-0.4, -0.2) is 21.8 Å². The molecular formula is C17H16ClN3O. The van der Waals surface area contributed by atoms with E-state index >= 15 is 0 Å². The van der Waals surface area contributed by atoms with E-state index in [0.717, 1.165) is 35.5 Å². The number of Topliss-reactive ketones (excluding diaryl/α,β-unsaturated/α-hetero) is 1. The van der Waals surface area contributed by atoms with Crippen LogP contribution in [0.5, 0.6) is 0 Å². The molecule has 5 heteroatoms. The Bertz CT molecular complexity index is 740. The lowest BCUT2D eigenvalue weighted by Crippen LogP contribution is -2.30. The summed E-state index contributed by atoms with van der Waals surface area (Å²) in [4.78, 5) is 23.3. The van der Waals surface area contributed by atoms with Crippen molar-refractivity contribution in [3.05, 3.63) is 46.9 Å². The Balaban J connectivity index is 1.95. The van der Waals surface area contributed by atoms with E-state index in [1.54, 1.807) is 6.20 Å². The van der Waals surface area contributed by atoms with E-state index in [1.165, 1.54) is 12.8 Å². The van der Waals surface area contributed by atoms with Crippen molar-refractivity contribution in [3.63, 3.8) is 0 Å². The number of rotatable bonds is 1. The van der Waals surface area contributed by atoms with Crippen molar-refractivity contribution in [1.29, 1.82) is 0 Å². The lowest BCUT2D eigenvalue weighted by atomic mass is 10.0. The second-order valence-electron chi connectivity index (χ2n) is 5.91. The highest BCUT2D eigenvalue weighted by atomic mass is 35.5. The molecule has 22 heavy (non-hydrogen) atoms. The molecule has 1 aliphatic heterocycles. The Morgan fingerprint density at radius 3 is 2.77 bits per heavy atom. The topological polar surface area (TPSA) is 46.1 Å². The fourth-order valence-electron chi connectivity index (χ4n) is 3.54. The number of anilines is 2. The highest BCUT2D eigenvalue weighted by molar-refractivity contribution is 6.28. The van der Waals surface area contributed by atoms with Crippen LogP contribution in [0, 0.1) is 0 Å². The minimum atomic E-state index is 0.114. The van der Waals surface area contributed by atoms with Crippen LogP contribution in [0.1, 0.15) is 41.6 Å². The molecule has 1 aromatic carbocycles. The third-order valence-corrected chi connectivity index (χ3v) is 4.73. The van der Waals surface area contributed by atoms with Crippen LogP contribution in [0.2, 0.25) is 5.28 Å². The zero-order valence-electron chi connectivity index (χ0n) is 12.1. The quantitative estimate of drug-likeness (QED) is 0.748. The van der Waals surface area contributed by atoms with Gasteiger partial charge in [-0.3, -0.25) is 4.79 Å². The third-order valence-electron chi connectivity index (χ3n) is 4.55. The summed E-state index contributed by atoms with van der Waals surface area (Å²) in [5.41, 5.74) is 2.58. The van der Waals surface area contributed by atoms with Gasteiger partial charge in [0.05, 0.1) is 5.69 Å². The average Bonchev–Trinajstić information content (AvgIpc) is 3.01. The largest absolute Gasteiger partial charge is 0.322 e. The number of hydrogen-bond donors (Lipinski definition) is 0. The molecule has 0 atom stereocenters. The maximum atomic E-state index is 12.6. The lowest BCUT2D eigenvalue weighted by Gasteiger charge is -2.31. The number of aromatic nitrogens is 2. The molecule has 0 bridgehead atoms. The van der Waals surface area contributed by atoms with E-state index in [4.69, 9.17) is 11.6 Å². The van der Waals surface area contributed by atoms with Gasteiger partial charge in [0.1, 0.15) is 5.82 Å². The Morgan fingerprint density at radius 1 is 1.18 bits per heavy atom. The van der Waals surface area contributed by atoms with Gasteiger partial charge in [-0.2, -0.15) is 4.98 Å². The van der Waals surface area contributed by atoms with Crippen molar-refractivity contribution in [3.8, 4) is 0 Å². The number of fused-ring (bicyclic) bond motifs is 2. The fourth-order valence-corrected chi connectivity index (χ4v) is 3.67. The van der Waals surface area contributed by atoms with Crippen LogP contribution in [-0.2, 0) is 6.42 Å². The molecule has 112 valence electrons. The zero-order valence-corrected chi connectivity index (χ0v) is 12.9. The minimum absolute atomic E-state index is 0.114. The molecule has 1 saturated carbocycles. The predicted octanol–water partition coefficient (Wildman–Crippen LogP) is 3.95. The fraction of sp³-hybridized carbons (Fsp3) is 0.353. The van der Waals surface area contributed by atoms with E-state index < -0.39 is 0 Å². The third kappa shape index (κ3) is 2.18. The van der Waals surface area contributed by atoms with Crippen LogP contribution in [0.25, 0.3) is 0 Å². The van der Waals surface area contributed by atoms with Gasteiger partial charge in [0, 0.05) is 29.8 Å². The van der Waals surface area contributed by atoms with E-state index in [-0.39, 0.29) is 11.1 Å². The first-order chi connectivity index (χ1) is 10.7. The molecule has 0 radical (unpaired) electrons. The number of benzene rings is 1. The van der Waals surface area contributed by atoms with Crippen LogP contribution < -0.4 is 4.90 Å². The maximum Gasteiger partial charge on any atom is 0.224 e. The summed E-state index contributed by atoms with van der Waals surface area (Å²) in [6.07, 6.45) is 6.67. The smallest absolute Gasteiger partial charge is 0.224 e. The number of hydrogen-bond acceptors (Lipinski definition) is 4. The molecule has 4 nitrogen and oxygen atoms in total. The molecule has 0 spiro atoms. The maximum absolute atomic E-state index is 12.6. The molecule has 1 fully saturated rings. The van der Waals surface area contributed by atoms with E-state index in [2.05, 4.69) is 14.9 Å². The van der Waals surface area contributed by atoms with Crippen LogP contribution >= 0.6 is 11.6 Å². The Kier molecular flexibility index (Phi) is 3.34. The highest BCUT2D eigenvalue weighted by Crippen LogP contribution is 2.40. The number of carbonyl (C=O) groups excluding carboxylic acids is 1. The van der Waals surface area contributed by atoms with Gasteiger partial charge in [-0.05, 0) is 36.6 Å². The SMILES string of the molecule is O=C1Cc2cnc(Cl)nc2N(C2CCCC2)c2ccccc21. The second kappa shape index (κ2) is 5.36. The summed E-state index contributed by atoms with van der Waals surface area (Å²) in [6.45, 7) is 0. The molecule has 0 amide bonds. The molecule has 4 rings (SSSR count). The van der Waals surface area contributed by atoms with E-state index in [0.29, 0.717) is 12.5 Å². The molecule has 2 aromatic rings. The van der Waals surface area contributed by atoms with Crippen molar-refractivity contribution in [2.24, 2.45) is 0 Å². The Hall–Kier alpha value is -1.94. The van der Waals surface area contributed by atoms with E-state index in [9.17, 15) is 4.79 Å². The van der Waals surface area contributed by atoms with Gasteiger partial charge in [0.25, 0.3) is 0 Å². The van der Waals surface area contributed by atoms with Crippen molar-refractivity contribution >= 4 is 28.9 Å². The van der Waals surface area contributed by atoms with E-state index in [1.807, 2.05) is 24.3 Å². The van der Waals surface area contributed by atoms with Gasteiger partial charge in [0.15, 0.2) is 5.78 Å². The Labute approximate surface area is 134 Å². The first-order valence-corrected chi connectivity index (χ1v) is 8.05. The summed E-state index contributed by atoms with van der Waals surface area (Å²) in [6, 6.07) is 8.17. The lowest BCUT2D eigenvalue weighted by molar-refractivity contribution is 0.0994.